The first kappa shape index (κ1) is 15.5. The maximum atomic E-state index is 5.67. The minimum absolute atomic E-state index is 0.865. The van der Waals surface area contributed by atoms with Crippen LogP contribution in [0, 0.1) is 3.82 Å². The van der Waals surface area contributed by atoms with E-state index in [1.807, 2.05) is 12.1 Å². The summed E-state index contributed by atoms with van der Waals surface area (Å²) in [5.74, 6) is 0.865. The van der Waals surface area contributed by atoms with Crippen LogP contribution in [-0.2, 0) is 0 Å². The van der Waals surface area contributed by atoms with Gasteiger partial charge in [-0.2, -0.15) is 0 Å². The minimum atomic E-state index is 0.865. The number of hydrogen-bond acceptors (Lipinski definition) is 4. The quantitative estimate of drug-likeness (QED) is 0.284. The summed E-state index contributed by atoms with van der Waals surface area (Å²) < 4.78 is 6.21. The molecule has 0 aliphatic carbocycles. The Kier molecular flexibility index (Phi) is 4.19. The first-order valence-corrected chi connectivity index (χ1v) is 10.1. The monoisotopic (exact) mass is 366 g/mol. The van der Waals surface area contributed by atoms with Crippen LogP contribution in [0.15, 0.2) is 66.7 Å². The van der Waals surface area contributed by atoms with Gasteiger partial charge in [0.2, 0.25) is 0 Å². The lowest BCUT2D eigenvalue weighted by atomic mass is 9.98. The third-order valence-corrected chi connectivity index (χ3v) is 7.11. The number of hydrogen-bond donors (Lipinski definition) is 0. The molecule has 0 amide bonds. The molecule has 0 spiro atoms. The number of methoxy groups -OCH3 is 1. The van der Waals surface area contributed by atoms with E-state index >= 15 is 0 Å². The van der Waals surface area contributed by atoms with Gasteiger partial charge in [-0.3, -0.25) is 0 Å². The van der Waals surface area contributed by atoms with Gasteiger partial charge in [0.05, 0.1) is 12.0 Å². The van der Waals surface area contributed by atoms with Crippen LogP contribution < -0.4 is 4.74 Å². The molecule has 3 aromatic carbocycles. The van der Waals surface area contributed by atoms with Crippen LogP contribution in [0.1, 0.15) is 0 Å². The first-order valence-electron chi connectivity index (χ1n) is 7.53. The first-order chi connectivity index (χ1) is 11.8. The Labute approximate surface area is 153 Å². The summed E-state index contributed by atoms with van der Waals surface area (Å²) in [4.78, 5) is 1.23. The zero-order valence-electron chi connectivity index (χ0n) is 13.0. The number of benzene rings is 3. The van der Waals surface area contributed by atoms with Gasteiger partial charge in [0.25, 0.3) is 0 Å². The zero-order valence-corrected chi connectivity index (χ0v) is 15.4. The van der Waals surface area contributed by atoms with E-state index in [-0.39, 0.29) is 0 Å². The lowest BCUT2D eigenvalue weighted by Crippen LogP contribution is -1.84. The molecule has 0 atom stereocenters. The number of rotatable bonds is 3. The summed E-state index contributed by atoms with van der Waals surface area (Å²) in [5, 5.41) is 2.48. The maximum absolute atomic E-state index is 5.67. The summed E-state index contributed by atoms with van der Waals surface area (Å²) >= 11 is 5.67. The molecule has 24 heavy (non-hydrogen) atoms. The van der Waals surface area contributed by atoms with Crippen LogP contribution in [-0.4, -0.2) is 7.11 Å². The molecule has 0 aliphatic rings. The van der Waals surface area contributed by atoms with Gasteiger partial charge in [-0.15, -0.1) is 0 Å². The van der Waals surface area contributed by atoms with Crippen LogP contribution >= 0.6 is 32.9 Å². The van der Waals surface area contributed by atoms with Crippen molar-refractivity contribution in [2.45, 2.75) is 0 Å². The summed E-state index contributed by atoms with van der Waals surface area (Å²) in [5.41, 5.74) is 3.56. The number of ether oxygens (including phenoxy) is 1. The highest BCUT2D eigenvalue weighted by atomic mass is 32.9. The van der Waals surface area contributed by atoms with Crippen molar-refractivity contribution in [2.24, 2.45) is 0 Å². The molecule has 0 bridgehead atoms. The Hall–Kier alpha value is -2.01. The van der Waals surface area contributed by atoms with Gasteiger partial charge < -0.3 is 4.74 Å². The molecule has 0 N–H and O–H groups in total. The Morgan fingerprint density at radius 3 is 2.38 bits per heavy atom. The summed E-state index contributed by atoms with van der Waals surface area (Å²) in [6.45, 7) is 0. The van der Waals surface area contributed by atoms with Gasteiger partial charge in [0.1, 0.15) is 9.57 Å². The summed E-state index contributed by atoms with van der Waals surface area (Å²) in [6.07, 6.45) is 0. The molecule has 0 saturated heterocycles. The molecule has 0 unspecified atom stereocenters. The second kappa shape index (κ2) is 6.48. The minimum Gasteiger partial charge on any atom is -0.497 e. The van der Waals surface area contributed by atoms with Gasteiger partial charge in [0.15, 0.2) is 0 Å². The van der Waals surface area contributed by atoms with Crippen molar-refractivity contribution < 1.29 is 4.74 Å². The molecular formula is C20H14OS3. The fraction of sp³-hybridized carbons (Fsp3) is 0.0500. The Morgan fingerprint density at radius 2 is 1.58 bits per heavy atom. The van der Waals surface area contributed by atoms with Crippen LogP contribution in [0.4, 0.5) is 0 Å². The lowest BCUT2D eigenvalue weighted by Gasteiger charge is -2.08. The molecule has 118 valence electrons. The number of fused-ring (bicyclic) bond motifs is 1. The smallest absolute Gasteiger partial charge is 0.118 e. The van der Waals surface area contributed by atoms with E-state index in [9.17, 15) is 0 Å². The molecule has 1 aromatic heterocycles. The molecule has 4 aromatic rings. The van der Waals surface area contributed by atoms with E-state index in [0.717, 1.165) is 9.57 Å². The second-order valence-corrected chi connectivity index (χ2v) is 8.23. The summed E-state index contributed by atoms with van der Waals surface area (Å²) in [7, 11) is 5.09. The molecule has 4 heteroatoms. The van der Waals surface area contributed by atoms with Crippen molar-refractivity contribution in [3.05, 3.63) is 70.6 Å². The van der Waals surface area contributed by atoms with Crippen molar-refractivity contribution in [2.75, 3.05) is 7.11 Å². The SMILES string of the molecule is COc1ccc(-c2ssc(=S)c2-c2cccc3ccccc23)cc1. The van der Waals surface area contributed by atoms with Crippen molar-refractivity contribution in [3.8, 4) is 27.3 Å². The van der Waals surface area contributed by atoms with Gasteiger partial charge in [-0.1, -0.05) is 75.4 Å². The van der Waals surface area contributed by atoms with E-state index in [2.05, 4.69) is 54.6 Å². The standard InChI is InChI=1S/C20H14OS3/c1-21-15-11-9-14(10-12-15)19-18(20(22)24-23-19)17-8-4-6-13-5-2-3-7-16(13)17/h2-12H,1H3. The van der Waals surface area contributed by atoms with E-state index in [4.69, 9.17) is 17.0 Å². The Morgan fingerprint density at radius 1 is 0.833 bits per heavy atom. The zero-order chi connectivity index (χ0) is 16.5. The van der Waals surface area contributed by atoms with Crippen LogP contribution in [0.3, 0.4) is 0 Å². The van der Waals surface area contributed by atoms with Crippen LogP contribution in [0.2, 0.25) is 0 Å². The van der Waals surface area contributed by atoms with Crippen molar-refractivity contribution in [3.63, 3.8) is 0 Å². The summed E-state index contributed by atoms with van der Waals surface area (Å²) in [6, 6.07) is 23.1. The van der Waals surface area contributed by atoms with Crippen molar-refractivity contribution >= 4 is 43.7 Å². The van der Waals surface area contributed by atoms with Crippen LogP contribution in [0.5, 0.6) is 5.75 Å². The van der Waals surface area contributed by atoms with E-state index < -0.39 is 0 Å². The van der Waals surface area contributed by atoms with Crippen LogP contribution in [0.25, 0.3) is 32.3 Å². The molecule has 0 fully saturated rings. The largest absolute Gasteiger partial charge is 0.497 e. The molecular weight excluding hydrogens is 352 g/mol. The van der Waals surface area contributed by atoms with Gasteiger partial charge >= 0.3 is 0 Å². The van der Waals surface area contributed by atoms with Gasteiger partial charge in [-0.05, 0) is 46.2 Å². The fourth-order valence-electron chi connectivity index (χ4n) is 2.87. The average Bonchev–Trinajstić information content (AvgIpc) is 3.02. The second-order valence-electron chi connectivity index (χ2n) is 5.41. The van der Waals surface area contributed by atoms with Gasteiger partial charge in [0, 0.05) is 5.56 Å². The average molecular weight is 367 g/mol. The predicted molar refractivity (Wildman–Crippen MR) is 108 cm³/mol. The molecule has 0 radical (unpaired) electrons. The molecule has 0 saturated carbocycles. The van der Waals surface area contributed by atoms with Crippen molar-refractivity contribution in [1.82, 2.24) is 0 Å². The molecule has 1 heterocycles. The van der Waals surface area contributed by atoms with Gasteiger partial charge in [-0.25, -0.2) is 0 Å². The Balaban J connectivity index is 1.95. The van der Waals surface area contributed by atoms with E-state index in [1.54, 1.807) is 27.8 Å². The lowest BCUT2D eigenvalue weighted by molar-refractivity contribution is 0.415. The van der Waals surface area contributed by atoms with E-state index in [1.165, 1.54) is 32.3 Å². The predicted octanol–water partition coefficient (Wildman–Crippen LogP) is 7.03. The third-order valence-electron chi connectivity index (χ3n) is 4.04. The topological polar surface area (TPSA) is 9.23 Å². The van der Waals surface area contributed by atoms with Crippen molar-refractivity contribution in [1.29, 1.82) is 0 Å². The highest BCUT2D eigenvalue weighted by Gasteiger charge is 2.15. The normalized spacial score (nSPS) is 10.9. The highest BCUT2D eigenvalue weighted by molar-refractivity contribution is 7.80. The fourth-order valence-corrected chi connectivity index (χ4v) is 5.76. The molecule has 4 rings (SSSR count). The third kappa shape index (κ3) is 2.67. The maximum Gasteiger partial charge on any atom is 0.118 e. The molecule has 1 nitrogen and oxygen atoms in total. The molecule has 0 aliphatic heterocycles. The highest BCUT2D eigenvalue weighted by Crippen LogP contribution is 2.43. The Bertz CT molecular complexity index is 1050. The van der Waals surface area contributed by atoms with E-state index in [0.29, 0.717) is 0 Å².